The van der Waals surface area contributed by atoms with Crippen molar-refractivity contribution in [1.82, 2.24) is 9.97 Å². The predicted molar refractivity (Wildman–Crippen MR) is 47.6 cm³/mol. The van der Waals surface area contributed by atoms with E-state index in [1.807, 2.05) is 0 Å². The van der Waals surface area contributed by atoms with Crippen LogP contribution in [0.15, 0.2) is 6.07 Å². The van der Waals surface area contributed by atoms with Gasteiger partial charge in [-0.2, -0.15) is 13.8 Å². The van der Waals surface area contributed by atoms with Crippen LogP contribution in [0.25, 0.3) is 0 Å². The molecule has 2 N–H and O–H groups in total. The lowest BCUT2D eigenvalue weighted by Gasteiger charge is -2.15. The van der Waals surface area contributed by atoms with Crippen molar-refractivity contribution in [3.05, 3.63) is 11.9 Å². The van der Waals surface area contributed by atoms with Gasteiger partial charge in [-0.1, -0.05) is 0 Å². The van der Waals surface area contributed by atoms with Gasteiger partial charge < -0.3 is 10.5 Å². The number of hydrogen-bond donors (Lipinski definition) is 1. The predicted octanol–water partition coefficient (Wildman–Crippen LogP) is 1.65. The molecule has 16 heavy (non-hydrogen) atoms. The molecule has 0 radical (unpaired) electrons. The van der Waals surface area contributed by atoms with Crippen LogP contribution in [0.2, 0.25) is 0 Å². The van der Waals surface area contributed by atoms with E-state index in [2.05, 4.69) is 14.7 Å². The monoisotopic (exact) mass is 239 g/mol. The van der Waals surface area contributed by atoms with Gasteiger partial charge in [-0.05, 0) is 6.92 Å². The van der Waals surface area contributed by atoms with E-state index in [-0.39, 0.29) is 17.5 Å². The number of nitrogens with two attached hydrogens (primary N) is 1. The summed E-state index contributed by atoms with van der Waals surface area (Å²) >= 11 is 0. The van der Waals surface area contributed by atoms with Gasteiger partial charge in [0.1, 0.15) is 11.6 Å². The van der Waals surface area contributed by atoms with Gasteiger partial charge in [-0.15, -0.1) is 0 Å². The van der Waals surface area contributed by atoms with Crippen LogP contribution in [0.4, 0.5) is 23.4 Å². The highest BCUT2D eigenvalue weighted by atomic mass is 19.3. The molecule has 1 rings (SSSR count). The maximum Gasteiger partial charge on any atom is 0.340 e. The molecule has 0 aliphatic rings. The van der Waals surface area contributed by atoms with Crippen molar-refractivity contribution in [2.75, 3.05) is 12.3 Å². The number of halogens is 4. The zero-order chi connectivity index (χ0) is 12.3. The molecule has 90 valence electrons. The van der Waals surface area contributed by atoms with Crippen molar-refractivity contribution in [3.63, 3.8) is 0 Å². The second-order valence-corrected chi connectivity index (χ2v) is 3.03. The van der Waals surface area contributed by atoms with Crippen molar-refractivity contribution in [2.45, 2.75) is 19.3 Å². The molecule has 1 aromatic rings. The molecule has 8 heteroatoms. The highest BCUT2D eigenvalue weighted by molar-refractivity contribution is 5.32. The zero-order valence-corrected chi connectivity index (χ0v) is 8.25. The lowest BCUT2D eigenvalue weighted by Crippen LogP contribution is -2.34. The number of rotatable bonds is 4. The van der Waals surface area contributed by atoms with Gasteiger partial charge in [-0.3, -0.25) is 0 Å². The Bertz CT molecular complexity index is 352. The van der Waals surface area contributed by atoms with E-state index in [1.54, 1.807) is 0 Å². The molecular weight excluding hydrogens is 230 g/mol. The van der Waals surface area contributed by atoms with Gasteiger partial charge in [0.2, 0.25) is 5.88 Å². The van der Waals surface area contributed by atoms with Gasteiger partial charge in [0.25, 0.3) is 0 Å². The van der Waals surface area contributed by atoms with Crippen LogP contribution in [0.1, 0.15) is 5.82 Å². The Hall–Kier alpha value is -1.60. The summed E-state index contributed by atoms with van der Waals surface area (Å²) < 4.78 is 53.0. The summed E-state index contributed by atoms with van der Waals surface area (Å²) in [6, 6.07) is 1.08. The molecule has 0 atom stereocenters. The standard InChI is InChI=1S/C8H9F4N3O/c1-4-14-5(13)2-6(15-4)16-3-8(11,12)7(9)10/h2,7H,3H2,1H3,(H2,13,14,15). The third-order valence-electron chi connectivity index (χ3n) is 1.57. The molecular formula is C8H9F4N3O. The molecule has 0 saturated carbocycles. The van der Waals surface area contributed by atoms with E-state index in [0.29, 0.717) is 0 Å². The van der Waals surface area contributed by atoms with E-state index in [4.69, 9.17) is 5.73 Å². The molecule has 0 aliphatic heterocycles. The number of aromatic nitrogens is 2. The topological polar surface area (TPSA) is 61.0 Å². The van der Waals surface area contributed by atoms with Gasteiger partial charge in [0.05, 0.1) is 0 Å². The second-order valence-electron chi connectivity index (χ2n) is 3.03. The highest BCUT2D eigenvalue weighted by Gasteiger charge is 2.41. The van der Waals surface area contributed by atoms with E-state index in [1.165, 1.54) is 6.92 Å². The first kappa shape index (κ1) is 12.5. The Labute approximate surface area is 88.4 Å². The molecule has 0 aliphatic carbocycles. The van der Waals surface area contributed by atoms with Gasteiger partial charge in [0, 0.05) is 6.07 Å². The minimum Gasteiger partial charge on any atom is -0.471 e. The number of nitrogens with zero attached hydrogens (tertiary/aromatic N) is 2. The maximum absolute atomic E-state index is 12.5. The average Bonchev–Trinajstić information content (AvgIpc) is 2.13. The maximum atomic E-state index is 12.5. The Morgan fingerprint density at radius 3 is 2.56 bits per heavy atom. The van der Waals surface area contributed by atoms with Crippen molar-refractivity contribution in [2.24, 2.45) is 0 Å². The van der Waals surface area contributed by atoms with Crippen molar-refractivity contribution in [1.29, 1.82) is 0 Å². The molecule has 0 fully saturated rings. The number of hydrogen-bond acceptors (Lipinski definition) is 4. The Balaban J connectivity index is 2.68. The fourth-order valence-electron chi connectivity index (χ4n) is 0.869. The summed E-state index contributed by atoms with van der Waals surface area (Å²) in [6.07, 6.45) is -3.78. The highest BCUT2D eigenvalue weighted by Crippen LogP contribution is 2.24. The van der Waals surface area contributed by atoms with Crippen LogP contribution in [0, 0.1) is 6.92 Å². The molecule has 0 bridgehead atoms. The van der Waals surface area contributed by atoms with Crippen LogP contribution in [-0.2, 0) is 0 Å². The Morgan fingerprint density at radius 1 is 1.44 bits per heavy atom. The summed E-state index contributed by atoms with van der Waals surface area (Å²) in [5.74, 6) is -4.25. The molecule has 0 unspecified atom stereocenters. The first-order valence-corrected chi connectivity index (χ1v) is 4.21. The zero-order valence-electron chi connectivity index (χ0n) is 8.25. The largest absolute Gasteiger partial charge is 0.471 e. The Morgan fingerprint density at radius 2 is 2.06 bits per heavy atom. The average molecular weight is 239 g/mol. The van der Waals surface area contributed by atoms with Crippen LogP contribution in [0.5, 0.6) is 5.88 Å². The SMILES string of the molecule is Cc1nc(N)cc(OCC(F)(F)C(F)F)n1. The van der Waals surface area contributed by atoms with E-state index in [9.17, 15) is 17.6 Å². The molecule has 4 nitrogen and oxygen atoms in total. The molecule has 0 aromatic carbocycles. The van der Waals surface area contributed by atoms with Crippen LogP contribution >= 0.6 is 0 Å². The lowest BCUT2D eigenvalue weighted by molar-refractivity contribution is -0.148. The number of alkyl halides is 4. The van der Waals surface area contributed by atoms with Crippen molar-refractivity contribution < 1.29 is 22.3 Å². The summed E-state index contributed by atoms with van der Waals surface area (Å²) in [5, 5.41) is 0. The van der Waals surface area contributed by atoms with Crippen molar-refractivity contribution in [3.8, 4) is 5.88 Å². The first-order chi connectivity index (χ1) is 7.31. The van der Waals surface area contributed by atoms with Gasteiger partial charge >= 0.3 is 12.3 Å². The first-order valence-electron chi connectivity index (χ1n) is 4.21. The minimum atomic E-state index is -4.21. The molecule has 1 heterocycles. The van der Waals surface area contributed by atoms with E-state index < -0.39 is 19.0 Å². The normalized spacial score (nSPS) is 11.9. The Kier molecular flexibility index (Phi) is 3.51. The second kappa shape index (κ2) is 4.50. The summed E-state index contributed by atoms with van der Waals surface area (Å²) in [5.41, 5.74) is 5.29. The third-order valence-corrected chi connectivity index (χ3v) is 1.57. The number of ether oxygens (including phenoxy) is 1. The number of anilines is 1. The lowest BCUT2D eigenvalue weighted by atomic mass is 10.4. The molecule has 0 spiro atoms. The van der Waals surface area contributed by atoms with Gasteiger partial charge in [0.15, 0.2) is 6.61 Å². The molecule has 0 saturated heterocycles. The fourth-order valence-corrected chi connectivity index (χ4v) is 0.869. The number of nitrogen functional groups attached to an aromatic ring is 1. The summed E-state index contributed by atoms with van der Waals surface area (Å²) in [6.45, 7) is 0.00896. The van der Waals surface area contributed by atoms with Crippen LogP contribution in [0.3, 0.4) is 0 Å². The number of aryl methyl sites for hydroxylation is 1. The third kappa shape index (κ3) is 3.21. The molecule has 0 amide bonds. The van der Waals surface area contributed by atoms with Crippen LogP contribution in [-0.4, -0.2) is 28.9 Å². The quantitative estimate of drug-likeness (QED) is 0.811. The minimum absolute atomic E-state index is 0.0165. The summed E-state index contributed by atoms with van der Waals surface area (Å²) in [4.78, 5) is 7.27. The van der Waals surface area contributed by atoms with E-state index >= 15 is 0 Å². The van der Waals surface area contributed by atoms with E-state index in [0.717, 1.165) is 6.07 Å². The van der Waals surface area contributed by atoms with Crippen molar-refractivity contribution >= 4 is 5.82 Å². The fraction of sp³-hybridized carbons (Fsp3) is 0.500. The smallest absolute Gasteiger partial charge is 0.340 e. The van der Waals surface area contributed by atoms with Crippen LogP contribution < -0.4 is 10.5 Å². The summed E-state index contributed by atoms with van der Waals surface area (Å²) in [7, 11) is 0. The molecule has 1 aromatic heterocycles. The van der Waals surface area contributed by atoms with Gasteiger partial charge in [-0.25, -0.2) is 13.8 Å².